The van der Waals surface area contributed by atoms with E-state index in [2.05, 4.69) is 46.7 Å². The average Bonchev–Trinajstić information content (AvgIpc) is 2.72. The third-order valence-corrected chi connectivity index (χ3v) is 5.00. The van der Waals surface area contributed by atoms with Gasteiger partial charge in [0.1, 0.15) is 12.4 Å². The minimum Gasteiger partial charge on any atom is -0.489 e. The van der Waals surface area contributed by atoms with Crippen LogP contribution in [0.5, 0.6) is 5.75 Å². The quantitative estimate of drug-likeness (QED) is 0.695. The molecular weight excluding hydrogens is 320 g/mol. The van der Waals surface area contributed by atoms with Gasteiger partial charge in [0.15, 0.2) is 0 Å². The van der Waals surface area contributed by atoms with Crippen molar-refractivity contribution < 1.29 is 4.74 Å². The summed E-state index contributed by atoms with van der Waals surface area (Å²) in [7, 11) is 0. The fraction of sp³-hybridized carbons (Fsp3) is 0.261. The van der Waals surface area contributed by atoms with Gasteiger partial charge in [-0.1, -0.05) is 36.4 Å². The molecule has 4 rings (SSSR count). The first kappa shape index (κ1) is 16.8. The molecule has 3 nitrogen and oxygen atoms in total. The van der Waals surface area contributed by atoms with Crippen molar-refractivity contribution in [2.75, 3.05) is 0 Å². The molecule has 0 radical (unpaired) electrons. The van der Waals surface area contributed by atoms with Gasteiger partial charge < -0.3 is 10.1 Å². The van der Waals surface area contributed by atoms with E-state index in [1.54, 1.807) is 12.4 Å². The Kier molecular flexibility index (Phi) is 5.27. The van der Waals surface area contributed by atoms with E-state index in [0.717, 1.165) is 17.9 Å². The van der Waals surface area contributed by atoms with Gasteiger partial charge in [-0.15, -0.1) is 0 Å². The van der Waals surface area contributed by atoms with Gasteiger partial charge in [0, 0.05) is 25.0 Å². The van der Waals surface area contributed by atoms with Crippen LogP contribution in [0.25, 0.3) is 0 Å². The number of rotatable bonds is 6. The minimum atomic E-state index is 0.461. The van der Waals surface area contributed by atoms with Gasteiger partial charge in [-0.25, -0.2) is 0 Å². The van der Waals surface area contributed by atoms with Crippen LogP contribution in [0.1, 0.15) is 41.1 Å². The molecule has 1 N–H and O–H groups in total. The van der Waals surface area contributed by atoms with Gasteiger partial charge in [0.25, 0.3) is 0 Å². The molecule has 0 amide bonds. The number of hydrogen-bond acceptors (Lipinski definition) is 3. The zero-order chi connectivity index (χ0) is 17.6. The predicted octanol–water partition coefficient (Wildman–Crippen LogP) is 4.83. The standard InChI is InChI=1S/C23H24N2O/c1-2-6-22-20(4-1)5-3-7-23(22)25-16-18-8-10-21(11-9-18)26-17-19-12-14-24-15-13-19/h1-2,4,6,8-15,23,25H,3,5,7,16-17H2/t23-/m0/s1. The number of nitrogens with zero attached hydrogens (tertiary/aromatic N) is 1. The number of aromatic nitrogens is 1. The average molecular weight is 344 g/mol. The summed E-state index contributed by atoms with van der Waals surface area (Å²) in [6.07, 6.45) is 7.26. The molecule has 1 aliphatic carbocycles. The summed E-state index contributed by atoms with van der Waals surface area (Å²) in [6.45, 7) is 1.45. The Morgan fingerprint density at radius 2 is 1.73 bits per heavy atom. The topological polar surface area (TPSA) is 34.1 Å². The lowest BCUT2D eigenvalue weighted by atomic mass is 9.87. The molecule has 0 bridgehead atoms. The molecule has 1 aliphatic rings. The molecule has 0 spiro atoms. The lowest BCUT2D eigenvalue weighted by Crippen LogP contribution is -2.24. The second-order valence-electron chi connectivity index (χ2n) is 6.81. The highest BCUT2D eigenvalue weighted by Crippen LogP contribution is 2.29. The van der Waals surface area contributed by atoms with Gasteiger partial charge in [0.05, 0.1) is 0 Å². The van der Waals surface area contributed by atoms with Crippen molar-refractivity contribution in [2.45, 2.75) is 38.5 Å². The maximum absolute atomic E-state index is 5.84. The van der Waals surface area contributed by atoms with Crippen LogP contribution in [0.3, 0.4) is 0 Å². The Hall–Kier alpha value is -2.65. The van der Waals surface area contributed by atoms with Crippen LogP contribution in [0.15, 0.2) is 73.1 Å². The number of hydrogen-bond donors (Lipinski definition) is 1. The maximum atomic E-state index is 5.84. The molecule has 3 aromatic rings. The summed E-state index contributed by atoms with van der Waals surface area (Å²) in [5.74, 6) is 0.897. The van der Waals surface area contributed by atoms with Crippen LogP contribution in [0, 0.1) is 0 Å². The molecule has 132 valence electrons. The van der Waals surface area contributed by atoms with Crippen LogP contribution in [0.4, 0.5) is 0 Å². The normalized spacial score (nSPS) is 16.1. The molecule has 1 atom stereocenters. The molecule has 26 heavy (non-hydrogen) atoms. The molecule has 0 aliphatic heterocycles. The van der Waals surface area contributed by atoms with E-state index >= 15 is 0 Å². The van der Waals surface area contributed by atoms with E-state index < -0.39 is 0 Å². The smallest absolute Gasteiger partial charge is 0.119 e. The molecule has 0 fully saturated rings. The Morgan fingerprint density at radius 1 is 0.923 bits per heavy atom. The number of nitrogens with one attached hydrogen (secondary N) is 1. The fourth-order valence-electron chi connectivity index (χ4n) is 3.56. The minimum absolute atomic E-state index is 0.461. The van der Waals surface area contributed by atoms with Crippen LogP contribution in [-0.2, 0) is 19.6 Å². The molecule has 2 aromatic carbocycles. The van der Waals surface area contributed by atoms with Crippen LogP contribution >= 0.6 is 0 Å². The van der Waals surface area contributed by atoms with Gasteiger partial charge in [-0.05, 0) is 65.8 Å². The first-order valence-electron chi connectivity index (χ1n) is 9.30. The summed E-state index contributed by atoms with van der Waals surface area (Å²) in [5, 5.41) is 3.72. The van der Waals surface area contributed by atoms with E-state index in [4.69, 9.17) is 4.74 Å². The molecule has 0 saturated heterocycles. The molecule has 1 aromatic heterocycles. The molecule has 3 heteroatoms. The zero-order valence-electron chi connectivity index (χ0n) is 14.9. The summed E-state index contributed by atoms with van der Waals surface area (Å²) >= 11 is 0. The Balaban J connectivity index is 1.32. The molecule has 0 saturated carbocycles. The second kappa shape index (κ2) is 8.15. The van der Waals surface area contributed by atoms with Crippen molar-refractivity contribution in [1.29, 1.82) is 0 Å². The van der Waals surface area contributed by atoms with Crippen LogP contribution < -0.4 is 10.1 Å². The summed E-state index contributed by atoms with van der Waals surface area (Å²) in [5.41, 5.74) is 5.37. The SMILES string of the molecule is c1ccc2c(c1)CCC[C@@H]2NCc1ccc(OCc2ccncc2)cc1. The predicted molar refractivity (Wildman–Crippen MR) is 104 cm³/mol. The Morgan fingerprint density at radius 3 is 2.58 bits per heavy atom. The van der Waals surface area contributed by atoms with Gasteiger partial charge in [-0.3, -0.25) is 4.98 Å². The lowest BCUT2D eigenvalue weighted by Gasteiger charge is -2.26. The van der Waals surface area contributed by atoms with E-state index in [-0.39, 0.29) is 0 Å². The first-order chi connectivity index (χ1) is 12.9. The third kappa shape index (κ3) is 4.12. The van der Waals surface area contributed by atoms with Crippen molar-refractivity contribution in [3.8, 4) is 5.75 Å². The molecule has 1 heterocycles. The number of fused-ring (bicyclic) bond motifs is 1. The highest BCUT2D eigenvalue weighted by molar-refractivity contribution is 5.33. The van der Waals surface area contributed by atoms with E-state index in [0.29, 0.717) is 12.6 Å². The number of ether oxygens (including phenoxy) is 1. The van der Waals surface area contributed by atoms with Crippen LogP contribution in [0.2, 0.25) is 0 Å². The first-order valence-corrected chi connectivity index (χ1v) is 9.30. The monoisotopic (exact) mass is 344 g/mol. The van der Waals surface area contributed by atoms with E-state index in [1.165, 1.54) is 36.0 Å². The zero-order valence-corrected chi connectivity index (χ0v) is 14.9. The third-order valence-electron chi connectivity index (χ3n) is 5.00. The van der Waals surface area contributed by atoms with Crippen LogP contribution in [-0.4, -0.2) is 4.98 Å². The van der Waals surface area contributed by atoms with E-state index in [9.17, 15) is 0 Å². The van der Waals surface area contributed by atoms with Gasteiger partial charge in [0.2, 0.25) is 0 Å². The summed E-state index contributed by atoms with van der Waals surface area (Å²) in [4.78, 5) is 4.02. The lowest BCUT2D eigenvalue weighted by molar-refractivity contribution is 0.306. The van der Waals surface area contributed by atoms with Crippen molar-refractivity contribution in [3.05, 3.63) is 95.3 Å². The van der Waals surface area contributed by atoms with Crippen molar-refractivity contribution >= 4 is 0 Å². The number of pyridine rings is 1. The molecular formula is C23H24N2O. The van der Waals surface area contributed by atoms with Crippen molar-refractivity contribution in [1.82, 2.24) is 10.3 Å². The highest BCUT2D eigenvalue weighted by Gasteiger charge is 2.18. The Labute approximate surface area is 155 Å². The summed E-state index contributed by atoms with van der Waals surface area (Å²) < 4.78 is 5.84. The largest absolute Gasteiger partial charge is 0.489 e. The summed E-state index contributed by atoms with van der Waals surface area (Å²) in [6, 6.07) is 21.6. The second-order valence-corrected chi connectivity index (χ2v) is 6.81. The van der Waals surface area contributed by atoms with Gasteiger partial charge >= 0.3 is 0 Å². The molecule has 0 unspecified atom stereocenters. The number of benzene rings is 2. The van der Waals surface area contributed by atoms with Gasteiger partial charge in [-0.2, -0.15) is 0 Å². The highest BCUT2D eigenvalue weighted by atomic mass is 16.5. The maximum Gasteiger partial charge on any atom is 0.119 e. The van der Waals surface area contributed by atoms with E-state index in [1.807, 2.05) is 24.3 Å². The fourth-order valence-corrected chi connectivity index (χ4v) is 3.56. The van der Waals surface area contributed by atoms with Crippen molar-refractivity contribution in [2.24, 2.45) is 0 Å². The number of aryl methyl sites for hydroxylation is 1. The Bertz CT molecular complexity index is 830. The van der Waals surface area contributed by atoms with Crippen molar-refractivity contribution in [3.63, 3.8) is 0 Å².